The lowest BCUT2D eigenvalue weighted by Crippen LogP contribution is -2.50. The highest BCUT2D eigenvalue weighted by molar-refractivity contribution is 6.08. The molecule has 1 heterocycles. The van der Waals surface area contributed by atoms with Gasteiger partial charge in [0.25, 0.3) is 11.8 Å². The summed E-state index contributed by atoms with van der Waals surface area (Å²) in [4.78, 5) is 26.0. The van der Waals surface area contributed by atoms with Crippen molar-refractivity contribution >= 4 is 17.5 Å². The number of likely N-dealkylation sites (N-methyl/N-ethyl adjacent to an activating group) is 1. The Balaban J connectivity index is 2.01. The van der Waals surface area contributed by atoms with Gasteiger partial charge in [-0.05, 0) is 24.3 Å². The molecule has 1 aliphatic rings. The van der Waals surface area contributed by atoms with Gasteiger partial charge in [-0.25, -0.2) is 4.39 Å². The number of carbonyl (C=O) groups excluding carboxylic acids is 2. The maximum Gasteiger partial charge on any atom is 0.262 e. The van der Waals surface area contributed by atoms with Gasteiger partial charge in [0, 0.05) is 7.05 Å². The molecule has 0 fully saturated rings. The topological polar surface area (TPSA) is 58.6 Å². The van der Waals surface area contributed by atoms with Crippen LogP contribution in [0.4, 0.5) is 10.1 Å². The molecule has 23 heavy (non-hydrogen) atoms. The summed E-state index contributed by atoms with van der Waals surface area (Å²) in [5.74, 6) is -1.03. The third kappa shape index (κ3) is 2.75. The van der Waals surface area contributed by atoms with Crippen LogP contribution in [0.5, 0.6) is 5.75 Å². The molecule has 1 aliphatic heterocycles. The Morgan fingerprint density at radius 2 is 1.87 bits per heavy atom. The zero-order valence-electron chi connectivity index (χ0n) is 12.5. The van der Waals surface area contributed by atoms with Crippen molar-refractivity contribution in [1.29, 1.82) is 0 Å². The molecule has 2 aromatic rings. The normalized spacial score (nSPS) is 16.3. The number of hydrogen-bond donors (Lipinski definition) is 1. The maximum absolute atomic E-state index is 13.9. The molecule has 0 spiro atoms. The fourth-order valence-electron chi connectivity index (χ4n) is 2.50. The molecule has 3 rings (SSSR count). The smallest absolute Gasteiger partial charge is 0.262 e. The standard InChI is InChI=1S/C17H15FN2O3/c1-19-16(21)15-10-20(13-8-4-5-9-14(13)23-15)17(22)11-6-2-3-7-12(11)18/h2-9,15H,10H2,1H3,(H,19,21)/t15-/m1/s1. The minimum absolute atomic E-state index is 0.0177. The Morgan fingerprint density at radius 1 is 1.17 bits per heavy atom. The largest absolute Gasteiger partial charge is 0.477 e. The van der Waals surface area contributed by atoms with E-state index in [-0.39, 0.29) is 18.0 Å². The number of benzene rings is 2. The summed E-state index contributed by atoms with van der Waals surface area (Å²) in [6.07, 6.45) is -0.842. The van der Waals surface area contributed by atoms with Crippen LogP contribution < -0.4 is 15.0 Å². The molecule has 0 bridgehead atoms. The quantitative estimate of drug-likeness (QED) is 0.922. The lowest BCUT2D eigenvalue weighted by atomic mass is 10.1. The predicted molar refractivity (Wildman–Crippen MR) is 83.0 cm³/mol. The fourth-order valence-corrected chi connectivity index (χ4v) is 2.50. The molecular weight excluding hydrogens is 299 g/mol. The second kappa shape index (κ2) is 6.08. The Kier molecular flexibility index (Phi) is 3.97. The van der Waals surface area contributed by atoms with Gasteiger partial charge in [0.15, 0.2) is 6.10 Å². The van der Waals surface area contributed by atoms with Crippen molar-refractivity contribution in [2.45, 2.75) is 6.10 Å². The van der Waals surface area contributed by atoms with Crippen LogP contribution in [-0.4, -0.2) is 31.5 Å². The van der Waals surface area contributed by atoms with E-state index in [1.54, 1.807) is 30.3 Å². The first kappa shape index (κ1) is 15.0. The molecule has 1 N–H and O–H groups in total. The monoisotopic (exact) mass is 314 g/mol. The van der Waals surface area contributed by atoms with Crippen molar-refractivity contribution < 1.29 is 18.7 Å². The molecule has 0 unspecified atom stereocenters. The molecule has 118 valence electrons. The van der Waals surface area contributed by atoms with Crippen LogP contribution in [0.1, 0.15) is 10.4 Å². The molecule has 2 aromatic carbocycles. The SMILES string of the molecule is CNC(=O)[C@H]1CN(C(=O)c2ccccc2F)c2ccccc2O1. The zero-order valence-corrected chi connectivity index (χ0v) is 12.5. The second-order valence-electron chi connectivity index (χ2n) is 5.08. The third-order valence-corrected chi connectivity index (χ3v) is 3.66. The highest BCUT2D eigenvalue weighted by Gasteiger charge is 2.34. The lowest BCUT2D eigenvalue weighted by Gasteiger charge is -2.34. The van der Waals surface area contributed by atoms with Crippen molar-refractivity contribution in [3.05, 3.63) is 59.9 Å². The number of carbonyl (C=O) groups is 2. The van der Waals surface area contributed by atoms with Gasteiger partial charge in [-0.15, -0.1) is 0 Å². The molecule has 5 nitrogen and oxygen atoms in total. The third-order valence-electron chi connectivity index (χ3n) is 3.66. The number of para-hydroxylation sites is 2. The number of ether oxygens (including phenoxy) is 1. The highest BCUT2D eigenvalue weighted by atomic mass is 19.1. The molecule has 2 amide bonds. The number of nitrogens with one attached hydrogen (secondary N) is 1. The van der Waals surface area contributed by atoms with E-state index >= 15 is 0 Å². The zero-order chi connectivity index (χ0) is 16.4. The van der Waals surface area contributed by atoms with E-state index in [4.69, 9.17) is 4.74 Å². The van der Waals surface area contributed by atoms with Crippen LogP contribution >= 0.6 is 0 Å². The Labute approximate surface area is 132 Å². The first-order valence-corrected chi connectivity index (χ1v) is 7.15. The molecule has 0 saturated heterocycles. The van der Waals surface area contributed by atoms with Gasteiger partial charge in [0.2, 0.25) is 0 Å². The summed E-state index contributed by atoms with van der Waals surface area (Å²) in [5.41, 5.74) is 0.473. The number of rotatable bonds is 2. The summed E-state index contributed by atoms with van der Waals surface area (Å²) < 4.78 is 19.6. The van der Waals surface area contributed by atoms with Crippen molar-refractivity contribution in [3.8, 4) is 5.75 Å². The molecule has 0 radical (unpaired) electrons. The van der Waals surface area contributed by atoms with Crippen molar-refractivity contribution in [1.82, 2.24) is 5.32 Å². The Bertz CT molecular complexity index is 763. The molecule has 1 atom stereocenters. The molecule has 0 saturated carbocycles. The van der Waals surface area contributed by atoms with E-state index in [1.807, 2.05) is 0 Å². The number of halogens is 1. The first-order chi connectivity index (χ1) is 11.1. The van der Waals surface area contributed by atoms with Gasteiger partial charge in [-0.2, -0.15) is 0 Å². The number of anilines is 1. The summed E-state index contributed by atoms with van der Waals surface area (Å²) in [6, 6.07) is 12.6. The maximum atomic E-state index is 13.9. The summed E-state index contributed by atoms with van der Waals surface area (Å²) in [5, 5.41) is 2.50. The van der Waals surface area contributed by atoms with Gasteiger partial charge in [0.05, 0.1) is 17.8 Å². The minimum atomic E-state index is -0.842. The van der Waals surface area contributed by atoms with E-state index in [0.29, 0.717) is 11.4 Å². The van der Waals surface area contributed by atoms with Crippen LogP contribution in [0.15, 0.2) is 48.5 Å². The number of nitrogens with zero attached hydrogens (tertiary/aromatic N) is 1. The average molecular weight is 314 g/mol. The average Bonchev–Trinajstić information content (AvgIpc) is 2.60. The Morgan fingerprint density at radius 3 is 2.61 bits per heavy atom. The van der Waals surface area contributed by atoms with E-state index in [9.17, 15) is 14.0 Å². The van der Waals surface area contributed by atoms with Gasteiger partial charge in [-0.1, -0.05) is 24.3 Å². The number of hydrogen-bond acceptors (Lipinski definition) is 3. The van der Waals surface area contributed by atoms with Crippen LogP contribution in [0, 0.1) is 5.82 Å². The summed E-state index contributed by atoms with van der Waals surface area (Å²) >= 11 is 0. The predicted octanol–water partition coefficient (Wildman–Crippen LogP) is 1.98. The van der Waals surface area contributed by atoms with Crippen LogP contribution in [0.25, 0.3) is 0 Å². The van der Waals surface area contributed by atoms with Crippen molar-refractivity contribution in [3.63, 3.8) is 0 Å². The minimum Gasteiger partial charge on any atom is -0.477 e. The van der Waals surface area contributed by atoms with Gasteiger partial charge >= 0.3 is 0 Å². The molecular formula is C17H15FN2O3. The molecule has 6 heteroatoms. The molecule has 0 aromatic heterocycles. The molecule has 0 aliphatic carbocycles. The summed E-state index contributed by atoms with van der Waals surface area (Å²) in [6.45, 7) is 0.0177. The van der Waals surface area contributed by atoms with E-state index < -0.39 is 17.8 Å². The Hall–Kier alpha value is -2.89. The van der Waals surface area contributed by atoms with E-state index in [1.165, 1.54) is 30.1 Å². The van der Waals surface area contributed by atoms with Gasteiger partial charge in [-0.3, -0.25) is 9.59 Å². The first-order valence-electron chi connectivity index (χ1n) is 7.15. The van der Waals surface area contributed by atoms with Crippen LogP contribution in [0.3, 0.4) is 0 Å². The van der Waals surface area contributed by atoms with Crippen molar-refractivity contribution in [2.75, 3.05) is 18.5 Å². The fraction of sp³-hybridized carbons (Fsp3) is 0.176. The summed E-state index contributed by atoms with van der Waals surface area (Å²) in [7, 11) is 1.50. The lowest BCUT2D eigenvalue weighted by molar-refractivity contribution is -0.127. The van der Waals surface area contributed by atoms with Crippen molar-refractivity contribution in [2.24, 2.45) is 0 Å². The van der Waals surface area contributed by atoms with Gasteiger partial charge in [0.1, 0.15) is 11.6 Å². The van der Waals surface area contributed by atoms with Crippen LogP contribution in [-0.2, 0) is 4.79 Å². The van der Waals surface area contributed by atoms with E-state index in [0.717, 1.165) is 0 Å². The van der Waals surface area contributed by atoms with E-state index in [2.05, 4.69) is 5.32 Å². The van der Waals surface area contributed by atoms with Crippen LogP contribution in [0.2, 0.25) is 0 Å². The van der Waals surface area contributed by atoms with Gasteiger partial charge < -0.3 is 15.0 Å². The highest BCUT2D eigenvalue weighted by Crippen LogP contribution is 2.34. The second-order valence-corrected chi connectivity index (χ2v) is 5.08. The number of amides is 2. The number of fused-ring (bicyclic) bond motifs is 1.